The number of hydrogen-bond donors (Lipinski definition) is 1. The molecule has 7 nitrogen and oxygen atoms in total. The number of rotatable bonds is 5. The molecule has 0 radical (unpaired) electrons. The lowest BCUT2D eigenvalue weighted by molar-refractivity contribution is -0.873. The topological polar surface area (TPSA) is 89.9 Å². The van der Waals surface area contributed by atoms with Gasteiger partial charge in [0.05, 0.1) is 28.3 Å². The summed E-state index contributed by atoms with van der Waals surface area (Å²) in [7, 11) is 2.87. The first kappa shape index (κ1) is 19.4. The number of carbonyl (C=O) groups is 1. The fraction of sp³-hybridized carbons (Fsp3) is 0.700. The van der Waals surface area contributed by atoms with Gasteiger partial charge in [-0.05, 0) is 6.92 Å². The van der Waals surface area contributed by atoms with E-state index >= 15 is 0 Å². The number of ether oxygens (including phenoxy) is 1. The van der Waals surface area contributed by atoms with E-state index in [1.165, 1.54) is 6.08 Å². The van der Waals surface area contributed by atoms with Crippen LogP contribution in [0.2, 0.25) is 0 Å². The molecule has 0 aromatic heterocycles. The van der Waals surface area contributed by atoms with Gasteiger partial charge in [-0.25, -0.2) is 4.79 Å². The normalized spacial score (nSPS) is 13.0. The predicted octanol–water partition coefficient (Wildman–Crippen LogP) is 0.246. The van der Waals surface area contributed by atoms with Crippen molar-refractivity contribution < 1.29 is 31.2 Å². The van der Waals surface area contributed by atoms with Gasteiger partial charge < -0.3 is 9.22 Å². The fourth-order valence-electron chi connectivity index (χ4n) is 1.05. The molecule has 0 bridgehead atoms. The first-order valence-electron chi connectivity index (χ1n) is 5.08. The molecule has 0 saturated carbocycles. The molecule has 0 fully saturated rings. The van der Waals surface area contributed by atoms with Gasteiger partial charge in [-0.1, -0.05) is 6.58 Å². The number of esters is 1. The summed E-state index contributed by atoms with van der Waals surface area (Å²) in [5.41, 5.74) is 0. The standard InChI is InChI=1S/C9H18NO2.CH4O4S/c1-6-9(11)12-8(2)7-10(3,4)5;1-5-6(2,3)4/h6,8H,1,7H2,2-5H3;1H3,(H,2,3,4)/q+1;. The highest BCUT2D eigenvalue weighted by molar-refractivity contribution is 7.80. The quantitative estimate of drug-likeness (QED) is 0.337. The maximum atomic E-state index is 10.8. The van der Waals surface area contributed by atoms with Gasteiger partial charge in [-0.15, -0.1) is 0 Å². The monoisotopic (exact) mass is 284 g/mol. The van der Waals surface area contributed by atoms with Crippen LogP contribution in [-0.4, -0.2) is 64.3 Å². The van der Waals surface area contributed by atoms with Crippen molar-refractivity contribution >= 4 is 16.4 Å². The summed E-state index contributed by atoms with van der Waals surface area (Å²) in [6.45, 7) is 6.02. The third-order valence-electron chi connectivity index (χ3n) is 1.50. The molecule has 0 heterocycles. The predicted molar refractivity (Wildman–Crippen MR) is 67.2 cm³/mol. The van der Waals surface area contributed by atoms with Gasteiger partial charge in [0.15, 0.2) is 0 Å². The summed E-state index contributed by atoms with van der Waals surface area (Å²) in [5, 5.41) is 0. The van der Waals surface area contributed by atoms with E-state index < -0.39 is 10.4 Å². The van der Waals surface area contributed by atoms with Gasteiger partial charge in [0.1, 0.15) is 12.6 Å². The summed E-state index contributed by atoms with van der Waals surface area (Å²) < 4.78 is 35.5. The molecule has 1 atom stereocenters. The van der Waals surface area contributed by atoms with Crippen LogP contribution in [0.3, 0.4) is 0 Å². The second-order valence-corrected chi connectivity index (χ2v) is 5.71. The second-order valence-electron chi connectivity index (χ2n) is 4.52. The van der Waals surface area contributed by atoms with E-state index in [0.29, 0.717) is 0 Å². The highest BCUT2D eigenvalue weighted by atomic mass is 32.3. The van der Waals surface area contributed by atoms with E-state index in [9.17, 15) is 13.2 Å². The van der Waals surface area contributed by atoms with Gasteiger partial charge in [0.2, 0.25) is 0 Å². The Labute approximate surface area is 109 Å². The molecule has 108 valence electrons. The summed E-state index contributed by atoms with van der Waals surface area (Å²) in [6.07, 6.45) is 1.13. The van der Waals surface area contributed by atoms with Gasteiger partial charge in [-0.2, -0.15) is 8.42 Å². The molecule has 0 aromatic rings. The van der Waals surface area contributed by atoms with E-state index in [1.54, 1.807) is 0 Å². The zero-order chi connectivity index (χ0) is 15.0. The Morgan fingerprint density at radius 3 is 2.06 bits per heavy atom. The minimum absolute atomic E-state index is 0.0597. The van der Waals surface area contributed by atoms with Crippen molar-refractivity contribution in [2.45, 2.75) is 13.0 Å². The Morgan fingerprint density at radius 2 is 1.83 bits per heavy atom. The van der Waals surface area contributed by atoms with Crippen LogP contribution < -0.4 is 0 Å². The third kappa shape index (κ3) is 17.4. The van der Waals surface area contributed by atoms with E-state index in [2.05, 4.69) is 31.9 Å². The lowest BCUT2D eigenvalue weighted by Crippen LogP contribution is -2.41. The zero-order valence-corrected chi connectivity index (χ0v) is 12.2. The van der Waals surface area contributed by atoms with Crippen molar-refractivity contribution in [2.24, 2.45) is 0 Å². The molecule has 1 N–H and O–H groups in total. The van der Waals surface area contributed by atoms with Gasteiger partial charge in [-0.3, -0.25) is 8.74 Å². The molecule has 0 saturated heterocycles. The number of likely N-dealkylation sites (N-methyl/N-ethyl adjacent to an activating group) is 1. The van der Waals surface area contributed by atoms with Crippen LogP contribution in [-0.2, 0) is 24.1 Å². The van der Waals surface area contributed by atoms with Crippen LogP contribution in [0.5, 0.6) is 0 Å². The smallest absolute Gasteiger partial charge is 0.397 e. The van der Waals surface area contributed by atoms with Crippen molar-refractivity contribution in [3.8, 4) is 0 Å². The minimum atomic E-state index is -4.16. The Bertz CT molecular complexity index is 357. The number of quaternary nitrogens is 1. The number of nitrogens with zero attached hydrogens (tertiary/aromatic N) is 1. The first-order chi connectivity index (χ1) is 7.91. The second kappa shape index (κ2) is 8.20. The van der Waals surface area contributed by atoms with Gasteiger partial charge in [0.25, 0.3) is 0 Å². The zero-order valence-electron chi connectivity index (χ0n) is 11.4. The molecule has 1 unspecified atom stereocenters. The van der Waals surface area contributed by atoms with Gasteiger partial charge >= 0.3 is 16.4 Å². The summed E-state index contributed by atoms with van der Waals surface area (Å²) >= 11 is 0. The van der Waals surface area contributed by atoms with Crippen LogP contribution in [0.25, 0.3) is 0 Å². The molecular formula is C10H22NO6S+. The van der Waals surface area contributed by atoms with Crippen LogP contribution in [0.4, 0.5) is 0 Å². The maximum Gasteiger partial charge on any atom is 0.397 e. The summed E-state index contributed by atoms with van der Waals surface area (Å²) in [6, 6.07) is 0. The molecule has 0 rings (SSSR count). The highest BCUT2D eigenvalue weighted by Crippen LogP contribution is 1.99. The van der Waals surface area contributed by atoms with Crippen molar-refractivity contribution in [1.29, 1.82) is 0 Å². The molecule has 18 heavy (non-hydrogen) atoms. The maximum absolute atomic E-state index is 10.8. The summed E-state index contributed by atoms with van der Waals surface area (Å²) in [5.74, 6) is -0.351. The Balaban J connectivity index is 0. The van der Waals surface area contributed by atoms with E-state index in [4.69, 9.17) is 9.29 Å². The van der Waals surface area contributed by atoms with Crippen LogP contribution >= 0.6 is 0 Å². The molecule has 0 amide bonds. The molecular weight excluding hydrogens is 262 g/mol. The van der Waals surface area contributed by atoms with Crippen molar-refractivity contribution in [2.75, 3.05) is 34.8 Å². The molecule has 0 aliphatic heterocycles. The SMILES string of the molecule is C=CC(=O)OC(C)C[N+](C)(C)C.COS(=O)(=O)O. The lowest BCUT2D eigenvalue weighted by Gasteiger charge is -2.26. The minimum Gasteiger partial charge on any atom is -0.454 e. The first-order valence-corrected chi connectivity index (χ1v) is 6.44. The molecule has 0 aliphatic rings. The number of carbonyl (C=O) groups excluding carboxylic acids is 1. The number of hydrogen-bond acceptors (Lipinski definition) is 5. The average Bonchev–Trinajstić information content (AvgIpc) is 2.14. The van der Waals surface area contributed by atoms with Crippen LogP contribution in [0.15, 0.2) is 12.7 Å². The Hall–Kier alpha value is -0.960. The third-order valence-corrected chi connectivity index (χ3v) is 1.92. The van der Waals surface area contributed by atoms with Crippen molar-refractivity contribution in [3.63, 3.8) is 0 Å². The van der Waals surface area contributed by atoms with E-state index in [1.807, 2.05) is 6.92 Å². The largest absolute Gasteiger partial charge is 0.454 e. The highest BCUT2D eigenvalue weighted by Gasteiger charge is 2.15. The van der Waals surface area contributed by atoms with Crippen molar-refractivity contribution in [1.82, 2.24) is 0 Å². The Kier molecular flexibility index (Phi) is 8.83. The van der Waals surface area contributed by atoms with Gasteiger partial charge in [0, 0.05) is 6.08 Å². The molecule has 8 heteroatoms. The van der Waals surface area contributed by atoms with E-state index in [0.717, 1.165) is 18.1 Å². The molecule has 0 aromatic carbocycles. The lowest BCUT2D eigenvalue weighted by atomic mass is 10.3. The molecule has 0 spiro atoms. The summed E-state index contributed by atoms with van der Waals surface area (Å²) in [4.78, 5) is 10.8. The van der Waals surface area contributed by atoms with Crippen LogP contribution in [0.1, 0.15) is 6.92 Å². The fourth-order valence-corrected chi connectivity index (χ4v) is 1.05. The van der Waals surface area contributed by atoms with E-state index in [-0.39, 0.29) is 12.1 Å². The van der Waals surface area contributed by atoms with Crippen LogP contribution in [0, 0.1) is 0 Å². The Morgan fingerprint density at radius 1 is 1.44 bits per heavy atom. The van der Waals surface area contributed by atoms with Crippen molar-refractivity contribution in [3.05, 3.63) is 12.7 Å². The average molecular weight is 284 g/mol. The molecule has 0 aliphatic carbocycles.